The van der Waals surface area contributed by atoms with E-state index in [0.717, 1.165) is 62.5 Å². The Labute approximate surface area is 231 Å². The van der Waals surface area contributed by atoms with E-state index < -0.39 is 0 Å². The molecule has 2 aliphatic rings. The molecule has 0 unspecified atom stereocenters. The lowest BCUT2D eigenvalue weighted by atomic mass is 9.86. The molecule has 0 spiro atoms. The summed E-state index contributed by atoms with van der Waals surface area (Å²) in [4.78, 5) is 27.6. The minimum atomic E-state index is -0.0905. The van der Waals surface area contributed by atoms with Crippen molar-refractivity contribution in [3.05, 3.63) is 32.0 Å². The van der Waals surface area contributed by atoms with Gasteiger partial charge >= 0.3 is 0 Å². The van der Waals surface area contributed by atoms with Crippen LogP contribution < -0.4 is 10.6 Å². The van der Waals surface area contributed by atoms with Gasteiger partial charge in [0.1, 0.15) is 22.1 Å². The van der Waals surface area contributed by atoms with Gasteiger partial charge in [0.25, 0.3) is 0 Å². The van der Waals surface area contributed by atoms with Gasteiger partial charge in [-0.25, -0.2) is 0 Å². The van der Waals surface area contributed by atoms with Gasteiger partial charge in [-0.15, -0.1) is 22.7 Å². The first-order valence-corrected chi connectivity index (χ1v) is 16.0. The van der Waals surface area contributed by atoms with Crippen LogP contribution >= 0.6 is 34.4 Å². The van der Waals surface area contributed by atoms with Gasteiger partial charge in [0.15, 0.2) is 0 Å². The van der Waals surface area contributed by atoms with Crippen LogP contribution in [0.5, 0.6) is 0 Å². The lowest BCUT2D eigenvalue weighted by molar-refractivity contribution is -0.116. The summed E-state index contributed by atoms with van der Waals surface area (Å²) in [5.74, 6) is 2.37. The molecule has 2 aromatic rings. The minimum absolute atomic E-state index is 0.0905. The summed E-state index contributed by atoms with van der Waals surface area (Å²) in [5.41, 5.74) is 3.54. The Kier molecular flexibility index (Phi) is 9.70. The van der Waals surface area contributed by atoms with Gasteiger partial charge in [0.05, 0.1) is 11.1 Å². The molecule has 0 radical (unpaired) electrons. The van der Waals surface area contributed by atoms with Crippen molar-refractivity contribution < 1.29 is 9.59 Å². The van der Waals surface area contributed by atoms with Crippen molar-refractivity contribution in [1.29, 1.82) is 10.5 Å². The van der Waals surface area contributed by atoms with E-state index in [1.54, 1.807) is 34.4 Å². The SMILES string of the molecule is CC[C@@H]1CCc2c(sc(NC(=O)CCSCCC(=O)Nc3sc4c(c3C#N)CC[C@H](CC)C4)c2C#N)C1. The number of nitrogens with one attached hydrogen (secondary N) is 2. The van der Waals surface area contributed by atoms with Crippen LogP contribution in [0.4, 0.5) is 10.0 Å². The van der Waals surface area contributed by atoms with Crippen molar-refractivity contribution in [2.45, 2.75) is 78.1 Å². The van der Waals surface area contributed by atoms with Crippen molar-refractivity contribution >= 4 is 56.3 Å². The highest BCUT2D eigenvalue weighted by molar-refractivity contribution is 7.99. The molecular formula is C28H34N4O2S3. The average Bonchev–Trinajstić information content (AvgIpc) is 3.43. The number of amides is 2. The Morgan fingerprint density at radius 3 is 1.65 bits per heavy atom. The van der Waals surface area contributed by atoms with E-state index in [4.69, 9.17) is 0 Å². The predicted molar refractivity (Wildman–Crippen MR) is 153 cm³/mol. The molecule has 0 saturated carbocycles. The number of carbonyl (C=O) groups is 2. The van der Waals surface area contributed by atoms with Crippen molar-refractivity contribution in [1.82, 2.24) is 0 Å². The summed E-state index contributed by atoms with van der Waals surface area (Å²) in [5, 5.41) is 26.6. The van der Waals surface area contributed by atoms with Crippen LogP contribution in [0.3, 0.4) is 0 Å². The van der Waals surface area contributed by atoms with Crippen LogP contribution in [-0.2, 0) is 35.3 Å². The third-order valence-corrected chi connectivity index (χ3v) is 10.9. The third kappa shape index (κ3) is 6.57. The molecule has 6 nitrogen and oxygen atoms in total. The van der Waals surface area contributed by atoms with E-state index in [1.165, 1.54) is 9.75 Å². The van der Waals surface area contributed by atoms with Gasteiger partial charge in [0.2, 0.25) is 11.8 Å². The zero-order chi connectivity index (χ0) is 26.4. The van der Waals surface area contributed by atoms with Crippen LogP contribution in [0.15, 0.2) is 0 Å². The second kappa shape index (κ2) is 13.0. The standard InChI is InChI=1S/C28H34N4O2S3/c1-3-17-5-7-19-21(15-29)27(36-23(19)13-17)31-25(33)9-11-35-12-10-26(34)32-28-22(16-30)20-8-6-18(4-2)14-24(20)37-28/h17-18H,3-14H2,1-2H3,(H,31,33)(H,32,34)/t17-,18+. The number of hydrogen-bond acceptors (Lipinski definition) is 7. The lowest BCUT2D eigenvalue weighted by Crippen LogP contribution is -2.14. The fraction of sp³-hybridized carbons (Fsp3) is 0.571. The number of nitrogens with zero attached hydrogens (tertiary/aromatic N) is 2. The van der Waals surface area contributed by atoms with E-state index in [0.29, 0.717) is 57.3 Å². The van der Waals surface area contributed by atoms with Gasteiger partial charge in [-0.05, 0) is 61.5 Å². The molecule has 0 fully saturated rings. The Balaban J connectivity index is 1.20. The number of anilines is 2. The van der Waals surface area contributed by atoms with E-state index >= 15 is 0 Å². The molecule has 0 bridgehead atoms. The van der Waals surface area contributed by atoms with Crippen LogP contribution in [0, 0.1) is 34.5 Å². The average molecular weight is 555 g/mol. The van der Waals surface area contributed by atoms with E-state index in [9.17, 15) is 20.1 Å². The number of carbonyl (C=O) groups excluding carboxylic acids is 2. The molecule has 9 heteroatoms. The quantitative estimate of drug-likeness (QED) is 0.319. The number of thioether (sulfide) groups is 1. The summed E-state index contributed by atoms with van der Waals surface area (Å²) in [6, 6.07) is 4.61. The predicted octanol–water partition coefficient (Wildman–Crippen LogP) is 6.67. The van der Waals surface area contributed by atoms with Crippen LogP contribution in [0.25, 0.3) is 0 Å². The smallest absolute Gasteiger partial charge is 0.225 e. The maximum absolute atomic E-state index is 12.5. The fourth-order valence-corrected chi connectivity index (χ4v) is 8.75. The normalized spacial score (nSPS) is 18.3. The molecule has 2 atom stereocenters. The summed E-state index contributed by atoms with van der Waals surface area (Å²) in [6.07, 6.45) is 9.03. The molecule has 2 aliphatic carbocycles. The highest BCUT2D eigenvalue weighted by Gasteiger charge is 2.27. The summed E-state index contributed by atoms with van der Waals surface area (Å²) < 4.78 is 0. The Hall–Kier alpha value is -2.33. The molecule has 2 N–H and O–H groups in total. The Bertz CT molecular complexity index is 1140. The molecule has 0 saturated heterocycles. The van der Waals surface area contributed by atoms with Gasteiger partial charge in [-0.3, -0.25) is 9.59 Å². The number of fused-ring (bicyclic) bond motifs is 2. The number of hydrogen-bond donors (Lipinski definition) is 2. The van der Waals surface area contributed by atoms with Gasteiger partial charge < -0.3 is 10.6 Å². The van der Waals surface area contributed by atoms with Gasteiger partial charge in [0, 0.05) is 34.1 Å². The fourth-order valence-electron chi connectivity index (χ4n) is 5.23. The topological polar surface area (TPSA) is 106 Å². The van der Waals surface area contributed by atoms with Gasteiger partial charge in [-0.2, -0.15) is 22.3 Å². The first kappa shape index (κ1) is 27.7. The minimum Gasteiger partial charge on any atom is -0.317 e. The second-order valence-corrected chi connectivity index (χ2v) is 13.3. The lowest BCUT2D eigenvalue weighted by Gasteiger charge is -2.20. The van der Waals surface area contributed by atoms with Crippen molar-refractivity contribution in [2.24, 2.45) is 11.8 Å². The number of rotatable bonds is 10. The summed E-state index contributed by atoms with van der Waals surface area (Å²) in [7, 11) is 0. The number of nitriles is 2. The molecule has 2 heterocycles. The molecule has 196 valence electrons. The first-order chi connectivity index (χ1) is 18.0. The molecular weight excluding hydrogens is 521 g/mol. The Morgan fingerprint density at radius 2 is 1.27 bits per heavy atom. The zero-order valence-corrected chi connectivity index (χ0v) is 24.0. The maximum Gasteiger partial charge on any atom is 0.225 e. The molecule has 2 amide bonds. The highest BCUT2D eigenvalue weighted by atomic mass is 32.2. The zero-order valence-electron chi connectivity index (χ0n) is 21.6. The summed E-state index contributed by atoms with van der Waals surface area (Å²) >= 11 is 4.69. The molecule has 2 aromatic heterocycles. The third-order valence-electron chi connectivity index (χ3n) is 7.57. The maximum atomic E-state index is 12.5. The summed E-state index contributed by atoms with van der Waals surface area (Å²) in [6.45, 7) is 4.41. The molecule has 37 heavy (non-hydrogen) atoms. The molecule has 4 rings (SSSR count). The second-order valence-electron chi connectivity index (χ2n) is 9.88. The molecule has 0 aliphatic heterocycles. The molecule has 0 aromatic carbocycles. The first-order valence-electron chi connectivity index (χ1n) is 13.2. The van der Waals surface area contributed by atoms with Crippen molar-refractivity contribution in [2.75, 3.05) is 22.1 Å². The monoisotopic (exact) mass is 554 g/mol. The highest BCUT2D eigenvalue weighted by Crippen LogP contribution is 2.41. The number of thiophene rings is 2. The van der Waals surface area contributed by atoms with E-state index in [2.05, 4.69) is 36.6 Å². The van der Waals surface area contributed by atoms with E-state index in [1.807, 2.05) is 0 Å². The van der Waals surface area contributed by atoms with Crippen LogP contribution in [-0.4, -0.2) is 23.3 Å². The van der Waals surface area contributed by atoms with E-state index in [-0.39, 0.29) is 11.8 Å². The van der Waals surface area contributed by atoms with Crippen LogP contribution in [0.1, 0.15) is 84.4 Å². The van der Waals surface area contributed by atoms with Crippen molar-refractivity contribution in [3.63, 3.8) is 0 Å². The Morgan fingerprint density at radius 1 is 0.838 bits per heavy atom. The van der Waals surface area contributed by atoms with Crippen LogP contribution in [0.2, 0.25) is 0 Å². The largest absolute Gasteiger partial charge is 0.317 e. The van der Waals surface area contributed by atoms with Crippen molar-refractivity contribution in [3.8, 4) is 12.1 Å². The van der Waals surface area contributed by atoms with Gasteiger partial charge in [-0.1, -0.05) is 26.7 Å².